The van der Waals surface area contributed by atoms with Crippen molar-refractivity contribution in [1.82, 2.24) is 9.97 Å². The number of anilines is 2. The van der Waals surface area contributed by atoms with Gasteiger partial charge < -0.3 is 10.2 Å². The summed E-state index contributed by atoms with van der Waals surface area (Å²) < 4.78 is 39.7. The molecule has 0 radical (unpaired) electrons. The Morgan fingerprint density at radius 1 is 1.03 bits per heavy atom. The van der Waals surface area contributed by atoms with Gasteiger partial charge in [0, 0.05) is 24.7 Å². The van der Waals surface area contributed by atoms with Gasteiger partial charge in [0.1, 0.15) is 12.1 Å². The molecule has 1 fully saturated rings. The standard InChI is InChI=1S/C23H21F3N4O/c24-23(25,26)18-10-4-5-11-19(18)29-22(31)17-9-6-12-30(14-17)21-13-20(27-15-28-21)16-7-2-1-3-8-16/h1-5,7-8,10-11,13,15,17H,6,9,12,14H2,(H,29,31). The second kappa shape index (κ2) is 8.75. The van der Waals surface area contributed by atoms with Gasteiger partial charge in [-0.3, -0.25) is 4.79 Å². The summed E-state index contributed by atoms with van der Waals surface area (Å²) in [6, 6.07) is 16.6. The lowest BCUT2D eigenvalue weighted by Gasteiger charge is -2.33. The Balaban J connectivity index is 1.49. The number of amides is 1. The molecule has 8 heteroatoms. The molecular formula is C23H21F3N4O. The van der Waals surface area contributed by atoms with Crippen LogP contribution in [0.25, 0.3) is 11.3 Å². The van der Waals surface area contributed by atoms with E-state index in [0.29, 0.717) is 25.3 Å². The van der Waals surface area contributed by atoms with Crippen molar-refractivity contribution in [2.75, 3.05) is 23.3 Å². The molecule has 2 heterocycles. The molecule has 2 aromatic carbocycles. The SMILES string of the molecule is O=C(Nc1ccccc1C(F)(F)F)C1CCCN(c2cc(-c3ccccc3)ncn2)C1. The first-order chi connectivity index (χ1) is 14.9. The number of benzene rings is 2. The van der Waals surface area contributed by atoms with Crippen LogP contribution in [0.2, 0.25) is 0 Å². The molecule has 0 spiro atoms. The zero-order chi connectivity index (χ0) is 21.8. The fourth-order valence-corrected chi connectivity index (χ4v) is 3.76. The third kappa shape index (κ3) is 4.84. The van der Waals surface area contributed by atoms with Gasteiger partial charge in [-0.15, -0.1) is 0 Å². The number of hydrogen-bond donors (Lipinski definition) is 1. The van der Waals surface area contributed by atoms with Gasteiger partial charge in [0.25, 0.3) is 0 Å². The molecule has 1 amide bonds. The molecule has 1 saturated heterocycles. The van der Waals surface area contributed by atoms with Crippen molar-refractivity contribution in [1.29, 1.82) is 0 Å². The van der Waals surface area contributed by atoms with Gasteiger partial charge in [-0.25, -0.2) is 9.97 Å². The van der Waals surface area contributed by atoms with E-state index >= 15 is 0 Å². The van der Waals surface area contributed by atoms with E-state index in [4.69, 9.17) is 0 Å². The predicted molar refractivity (Wildman–Crippen MR) is 112 cm³/mol. The van der Waals surface area contributed by atoms with Crippen LogP contribution in [0.4, 0.5) is 24.7 Å². The molecule has 0 saturated carbocycles. The lowest BCUT2D eigenvalue weighted by atomic mass is 9.96. The van der Waals surface area contributed by atoms with Crippen LogP contribution >= 0.6 is 0 Å². The molecule has 1 aliphatic heterocycles. The third-order valence-electron chi connectivity index (χ3n) is 5.33. The summed E-state index contributed by atoms with van der Waals surface area (Å²) in [6.07, 6.45) is -1.70. The molecule has 4 rings (SSSR count). The molecule has 5 nitrogen and oxygen atoms in total. The number of carbonyl (C=O) groups excluding carboxylic acids is 1. The summed E-state index contributed by atoms with van der Waals surface area (Å²) in [7, 11) is 0. The zero-order valence-corrected chi connectivity index (χ0v) is 16.6. The predicted octanol–water partition coefficient (Wildman–Crippen LogP) is 5.02. The fourth-order valence-electron chi connectivity index (χ4n) is 3.76. The number of rotatable bonds is 4. The van der Waals surface area contributed by atoms with Gasteiger partial charge in [0.05, 0.1) is 22.9 Å². The van der Waals surface area contributed by atoms with Crippen LogP contribution in [0.3, 0.4) is 0 Å². The lowest BCUT2D eigenvalue weighted by molar-refractivity contribution is -0.137. The van der Waals surface area contributed by atoms with Gasteiger partial charge in [-0.2, -0.15) is 13.2 Å². The second-order valence-corrected chi connectivity index (χ2v) is 7.45. The van der Waals surface area contributed by atoms with Crippen LogP contribution in [0.1, 0.15) is 18.4 Å². The van der Waals surface area contributed by atoms with Crippen molar-refractivity contribution < 1.29 is 18.0 Å². The van der Waals surface area contributed by atoms with E-state index in [0.717, 1.165) is 23.7 Å². The Hall–Kier alpha value is -3.42. The first kappa shape index (κ1) is 20.8. The minimum Gasteiger partial charge on any atom is -0.356 e. The first-order valence-electron chi connectivity index (χ1n) is 10.0. The number of aromatic nitrogens is 2. The maximum Gasteiger partial charge on any atom is 0.418 e. The molecule has 160 valence electrons. The minimum absolute atomic E-state index is 0.217. The number of piperidine rings is 1. The van der Waals surface area contributed by atoms with Crippen LogP contribution in [0, 0.1) is 5.92 Å². The maximum absolute atomic E-state index is 13.2. The van der Waals surface area contributed by atoms with E-state index in [9.17, 15) is 18.0 Å². The molecule has 31 heavy (non-hydrogen) atoms. The van der Waals surface area contributed by atoms with Crippen LogP contribution in [-0.2, 0) is 11.0 Å². The van der Waals surface area contributed by atoms with Gasteiger partial charge in [0.2, 0.25) is 5.91 Å². The van der Waals surface area contributed by atoms with Crippen molar-refractivity contribution in [3.05, 3.63) is 72.6 Å². The van der Waals surface area contributed by atoms with Crippen molar-refractivity contribution in [2.45, 2.75) is 19.0 Å². The van der Waals surface area contributed by atoms with Gasteiger partial charge in [-0.05, 0) is 25.0 Å². The van der Waals surface area contributed by atoms with Crippen molar-refractivity contribution >= 4 is 17.4 Å². The topological polar surface area (TPSA) is 58.1 Å². The monoisotopic (exact) mass is 426 g/mol. The van der Waals surface area contributed by atoms with Crippen molar-refractivity contribution in [3.8, 4) is 11.3 Å². The molecule has 0 aliphatic carbocycles. The Morgan fingerprint density at radius 3 is 2.55 bits per heavy atom. The Morgan fingerprint density at radius 2 is 1.77 bits per heavy atom. The van der Waals surface area contributed by atoms with Crippen LogP contribution in [-0.4, -0.2) is 29.0 Å². The van der Waals surface area contributed by atoms with Gasteiger partial charge >= 0.3 is 6.18 Å². The molecule has 1 N–H and O–H groups in total. The number of hydrogen-bond acceptors (Lipinski definition) is 4. The summed E-state index contributed by atoms with van der Waals surface area (Å²) in [4.78, 5) is 23.4. The average Bonchev–Trinajstić information content (AvgIpc) is 2.79. The normalized spacial score (nSPS) is 16.7. The molecular weight excluding hydrogens is 405 g/mol. The summed E-state index contributed by atoms with van der Waals surface area (Å²) in [5, 5.41) is 2.48. The van der Waals surface area contributed by atoms with E-state index < -0.39 is 23.6 Å². The highest BCUT2D eigenvalue weighted by Gasteiger charge is 2.34. The van der Waals surface area contributed by atoms with Crippen molar-refractivity contribution in [3.63, 3.8) is 0 Å². The maximum atomic E-state index is 13.2. The van der Waals surface area contributed by atoms with E-state index in [1.807, 2.05) is 41.3 Å². The Kier molecular flexibility index (Phi) is 5.88. The van der Waals surface area contributed by atoms with Crippen LogP contribution < -0.4 is 10.2 Å². The van der Waals surface area contributed by atoms with Gasteiger partial charge in [0.15, 0.2) is 0 Å². The highest BCUT2D eigenvalue weighted by Crippen LogP contribution is 2.35. The molecule has 1 atom stereocenters. The number of nitrogens with one attached hydrogen (secondary N) is 1. The van der Waals surface area contributed by atoms with E-state index in [1.54, 1.807) is 0 Å². The summed E-state index contributed by atoms with van der Waals surface area (Å²) in [5.41, 5.74) is 0.669. The number of alkyl halides is 3. The zero-order valence-electron chi connectivity index (χ0n) is 16.6. The first-order valence-corrected chi connectivity index (χ1v) is 10.0. The molecule has 3 aromatic rings. The van der Waals surface area contributed by atoms with Gasteiger partial charge in [-0.1, -0.05) is 42.5 Å². The highest BCUT2D eigenvalue weighted by atomic mass is 19.4. The number of nitrogens with zero attached hydrogens (tertiary/aromatic N) is 3. The quantitative estimate of drug-likeness (QED) is 0.637. The summed E-state index contributed by atoms with van der Waals surface area (Å²) >= 11 is 0. The average molecular weight is 426 g/mol. The van der Waals surface area contributed by atoms with E-state index in [2.05, 4.69) is 15.3 Å². The van der Waals surface area contributed by atoms with E-state index in [-0.39, 0.29) is 5.69 Å². The number of halogens is 3. The minimum atomic E-state index is -4.53. The fraction of sp³-hybridized carbons (Fsp3) is 0.261. The van der Waals surface area contributed by atoms with Crippen molar-refractivity contribution in [2.24, 2.45) is 5.92 Å². The van der Waals surface area contributed by atoms with Crippen LogP contribution in [0.5, 0.6) is 0 Å². The largest absolute Gasteiger partial charge is 0.418 e. The number of carbonyl (C=O) groups is 1. The van der Waals surface area contributed by atoms with Crippen LogP contribution in [0.15, 0.2) is 67.0 Å². The lowest BCUT2D eigenvalue weighted by Crippen LogP contribution is -2.41. The Bertz CT molecular complexity index is 1060. The second-order valence-electron chi connectivity index (χ2n) is 7.45. The molecule has 0 bridgehead atoms. The molecule has 1 unspecified atom stereocenters. The summed E-state index contributed by atoms with van der Waals surface area (Å²) in [6.45, 7) is 1.10. The number of para-hydroxylation sites is 1. The molecule has 1 aliphatic rings. The van der Waals surface area contributed by atoms with E-state index in [1.165, 1.54) is 24.5 Å². The summed E-state index contributed by atoms with van der Waals surface area (Å²) in [5.74, 6) is -0.161. The smallest absolute Gasteiger partial charge is 0.356 e. The Labute approximate surface area is 178 Å². The highest BCUT2D eigenvalue weighted by molar-refractivity contribution is 5.93. The molecule has 1 aromatic heterocycles. The third-order valence-corrected chi connectivity index (χ3v) is 5.33.